The van der Waals surface area contributed by atoms with Crippen molar-refractivity contribution in [3.63, 3.8) is 0 Å². The van der Waals surface area contributed by atoms with Gasteiger partial charge in [0.05, 0.1) is 6.61 Å². The van der Waals surface area contributed by atoms with E-state index in [1.807, 2.05) is 37.3 Å². The van der Waals surface area contributed by atoms with E-state index in [2.05, 4.69) is 12.1 Å². The number of rotatable bonds is 5. The van der Waals surface area contributed by atoms with Gasteiger partial charge in [0, 0.05) is 6.08 Å². The minimum absolute atomic E-state index is 0.283. The summed E-state index contributed by atoms with van der Waals surface area (Å²) in [4.78, 5) is 11.2. The molecular formula is C15H18O2. The first-order chi connectivity index (χ1) is 8.22. The van der Waals surface area contributed by atoms with Gasteiger partial charge in [0.2, 0.25) is 0 Å². The van der Waals surface area contributed by atoms with E-state index in [9.17, 15) is 4.79 Å². The molecule has 0 atom stereocenters. The van der Waals surface area contributed by atoms with Crippen molar-refractivity contribution in [3.8, 4) is 0 Å². The van der Waals surface area contributed by atoms with E-state index in [1.165, 1.54) is 11.6 Å². The zero-order valence-corrected chi connectivity index (χ0v) is 10.3. The zero-order chi connectivity index (χ0) is 12.5. The van der Waals surface area contributed by atoms with Crippen LogP contribution in [0.2, 0.25) is 0 Å². The Labute approximate surface area is 103 Å². The molecule has 0 fully saturated rings. The summed E-state index contributed by atoms with van der Waals surface area (Å²) >= 11 is 0. The summed E-state index contributed by atoms with van der Waals surface area (Å²) in [5.41, 5.74) is 2.16. The fraction of sp³-hybridized carbons (Fsp3) is 0.267. The second-order valence-electron chi connectivity index (χ2n) is 3.73. The maximum absolute atomic E-state index is 11.2. The lowest BCUT2D eigenvalue weighted by molar-refractivity contribution is -0.137. The van der Waals surface area contributed by atoms with Crippen LogP contribution in [0.1, 0.15) is 19.4 Å². The molecule has 0 aliphatic rings. The van der Waals surface area contributed by atoms with Gasteiger partial charge in [-0.05, 0) is 31.4 Å². The summed E-state index contributed by atoms with van der Waals surface area (Å²) in [6, 6.07) is 10.2. The zero-order valence-electron chi connectivity index (χ0n) is 10.3. The summed E-state index contributed by atoms with van der Waals surface area (Å²) in [6.45, 7) is 4.10. The molecule has 1 aromatic rings. The third kappa shape index (κ3) is 5.71. The number of carbonyl (C=O) groups excluding carboxylic acids is 1. The van der Waals surface area contributed by atoms with Crippen LogP contribution in [0, 0.1) is 0 Å². The number of carbonyl (C=O) groups is 1. The van der Waals surface area contributed by atoms with Gasteiger partial charge in [0.1, 0.15) is 0 Å². The average Bonchev–Trinajstić information content (AvgIpc) is 2.30. The van der Waals surface area contributed by atoms with Gasteiger partial charge in [-0.3, -0.25) is 0 Å². The van der Waals surface area contributed by atoms with Gasteiger partial charge in [0.15, 0.2) is 0 Å². The van der Waals surface area contributed by atoms with E-state index < -0.39 is 0 Å². The van der Waals surface area contributed by atoms with Crippen LogP contribution >= 0.6 is 0 Å². The monoisotopic (exact) mass is 230 g/mol. The fourth-order valence-corrected chi connectivity index (χ4v) is 1.41. The highest BCUT2D eigenvalue weighted by Crippen LogP contribution is 2.02. The molecule has 0 bridgehead atoms. The maximum Gasteiger partial charge on any atom is 0.330 e. The summed E-state index contributed by atoms with van der Waals surface area (Å²) in [5, 5.41) is 0. The molecule has 2 nitrogen and oxygen atoms in total. The Kier molecular flexibility index (Phi) is 5.80. The normalized spacial score (nSPS) is 11.8. The predicted octanol–water partition coefficient (Wildman–Crippen LogP) is 3.29. The van der Waals surface area contributed by atoms with Crippen LogP contribution in [0.5, 0.6) is 0 Å². The highest BCUT2D eigenvalue weighted by atomic mass is 16.5. The van der Waals surface area contributed by atoms with Gasteiger partial charge in [-0.1, -0.05) is 42.5 Å². The second-order valence-corrected chi connectivity index (χ2v) is 3.73. The smallest absolute Gasteiger partial charge is 0.330 e. The summed E-state index contributed by atoms with van der Waals surface area (Å²) in [5.74, 6) is -0.283. The molecule has 0 aliphatic heterocycles. The lowest BCUT2D eigenvalue weighted by Crippen LogP contribution is -1.99. The first-order valence-electron chi connectivity index (χ1n) is 5.78. The lowest BCUT2D eigenvalue weighted by Gasteiger charge is -1.97. The molecule has 1 aromatic carbocycles. The largest absolute Gasteiger partial charge is 0.463 e. The second kappa shape index (κ2) is 7.44. The van der Waals surface area contributed by atoms with Crippen LogP contribution in [0.4, 0.5) is 0 Å². The molecule has 0 spiro atoms. The van der Waals surface area contributed by atoms with Gasteiger partial charge in [-0.2, -0.15) is 0 Å². The number of hydrogen-bond acceptors (Lipinski definition) is 2. The molecule has 0 unspecified atom stereocenters. The summed E-state index contributed by atoms with van der Waals surface area (Å²) in [7, 11) is 0. The molecule has 0 heterocycles. The minimum Gasteiger partial charge on any atom is -0.463 e. The fourth-order valence-electron chi connectivity index (χ4n) is 1.41. The van der Waals surface area contributed by atoms with Crippen LogP contribution in [-0.2, 0) is 16.0 Å². The first kappa shape index (κ1) is 13.2. The Morgan fingerprint density at radius 3 is 2.65 bits per heavy atom. The lowest BCUT2D eigenvalue weighted by atomic mass is 10.1. The molecule has 1 rings (SSSR count). The van der Waals surface area contributed by atoms with Crippen LogP contribution in [-0.4, -0.2) is 12.6 Å². The molecule has 0 aliphatic carbocycles. The number of allylic oxidation sites excluding steroid dienone is 3. The highest BCUT2D eigenvalue weighted by molar-refractivity contribution is 5.83. The molecule has 0 N–H and O–H groups in total. The van der Waals surface area contributed by atoms with E-state index in [1.54, 1.807) is 6.92 Å². The first-order valence-corrected chi connectivity index (χ1v) is 5.78. The van der Waals surface area contributed by atoms with Crippen molar-refractivity contribution < 1.29 is 9.53 Å². The highest BCUT2D eigenvalue weighted by Gasteiger charge is 1.94. The number of esters is 1. The van der Waals surface area contributed by atoms with Crippen molar-refractivity contribution >= 4 is 5.97 Å². The Bertz CT molecular complexity index is 402. The number of benzene rings is 1. The third-order valence-electron chi connectivity index (χ3n) is 2.21. The quantitative estimate of drug-likeness (QED) is 0.441. The predicted molar refractivity (Wildman–Crippen MR) is 69.7 cm³/mol. The van der Waals surface area contributed by atoms with Crippen molar-refractivity contribution in [1.82, 2.24) is 0 Å². The van der Waals surface area contributed by atoms with Crippen molar-refractivity contribution in [2.75, 3.05) is 6.61 Å². The van der Waals surface area contributed by atoms with Gasteiger partial charge < -0.3 is 4.74 Å². The van der Waals surface area contributed by atoms with Gasteiger partial charge in [-0.15, -0.1) is 0 Å². The van der Waals surface area contributed by atoms with E-state index >= 15 is 0 Å². The van der Waals surface area contributed by atoms with Crippen molar-refractivity contribution in [1.29, 1.82) is 0 Å². The third-order valence-corrected chi connectivity index (χ3v) is 2.21. The van der Waals surface area contributed by atoms with Crippen LogP contribution in [0.25, 0.3) is 0 Å². The minimum atomic E-state index is -0.283. The molecule has 2 heteroatoms. The van der Waals surface area contributed by atoms with E-state index in [4.69, 9.17) is 4.74 Å². The van der Waals surface area contributed by atoms with Crippen molar-refractivity contribution in [2.45, 2.75) is 20.3 Å². The topological polar surface area (TPSA) is 26.3 Å². The molecule has 0 aromatic heterocycles. The molecule has 0 saturated heterocycles. The van der Waals surface area contributed by atoms with Crippen LogP contribution in [0.15, 0.2) is 54.1 Å². The maximum atomic E-state index is 11.2. The average molecular weight is 230 g/mol. The molecular weight excluding hydrogens is 212 g/mol. The Morgan fingerprint density at radius 2 is 2.00 bits per heavy atom. The number of hydrogen-bond donors (Lipinski definition) is 0. The molecule has 17 heavy (non-hydrogen) atoms. The van der Waals surface area contributed by atoms with Gasteiger partial charge >= 0.3 is 5.97 Å². The summed E-state index contributed by atoms with van der Waals surface area (Å²) < 4.78 is 4.83. The molecule has 90 valence electrons. The van der Waals surface area contributed by atoms with Crippen LogP contribution < -0.4 is 0 Å². The van der Waals surface area contributed by atoms with Gasteiger partial charge in [0.25, 0.3) is 0 Å². The van der Waals surface area contributed by atoms with Crippen molar-refractivity contribution in [2.24, 2.45) is 0 Å². The standard InChI is InChI=1S/C15H18O2/c1-3-17-15(16)12-13(2)8-7-11-14-9-5-4-6-10-14/h4-10,12H,3,11H2,1-2H3. The number of ether oxygens (including phenoxy) is 1. The molecule has 0 amide bonds. The SMILES string of the molecule is CCOC(=O)C=C(C)C=CCc1ccccc1. The van der Waals surface area contributed by atoms with E-state index in [-0.39, 0.29) is 5.97 Å². The van der Waals surface area contributed by atoms with Gasteiger partial charge in [-0.25, -0.2) is 4.79 Å². The van der Waals surface area contributed by atoms with Crippen molar-refractivity contribution in [3.05, 3.63) is 59.7 Å². The molecule has 0 radical (unpaired) electrons. The summed E-state index contributed by atoms with van der Waals surface area (Å²) in [6.07, 6.45) is 6.35. The molecule has 0 saturated carbocycles. The van der Waals surface area contributed by atoms with E-state index in [0.29, 0.717) is 6.61 Å². The van der Waals surface area contributed by atoms with Crippen LogP contribution in [0.3, 0.4) is 0 Å². The Morgan fingerprint density at radius 1 is 1.29 bits per heavy atom. The van der Waals surface area contributed by atoms with E-state index in [0.717, 1.165) is 12.0 Å². The Balaban J connectivity index is 2.46. The Hall–Kier alpha value is -1.83.